The zero-order valence-electron chi connectivity index (χ0n) is 19.5. The van der Waals surface area contributed by atoms with E-state index in [1.165, 1.54) is 18.2 Å². The van der Waals surface area contributed by atoms with E-state index in [9.17, 15) is 39.9 Å². The summed E-state index contributed by atoms with van der Waals surface area (Å²) in [6.45, 7) is 0.165. The van der Waals surface area contributed by atoms with Crippen molar-refractivity contribution in [3.8, 4) is 22.7 Å². The molecule has 4 aromatic rings. The molecule has 0 aliphatic heterocycles. The van der Waals surface area contributed by atoms with Crippen molar-refractivity contribution in [1.82, 2.24) is 20.3 Å². The van der Waals surface area contributed by atoms with E-state index in [4.69, 9.17) is 16.1 Å². The quantitative estimate of drug-likeness (QED) is 0.250. The van der Waals surface area contributed by atoms with Gasteiger partial charge in [-0.1, -0.05) is 47.1 Å². The summed E-state index contributed by atoms with van der Waals surface area (Å²) in [5, 5.41) is 8.97. The maximum Gasteiger partial charge on any atom is 0.459 e. The minimum absolute atomic E-state index is 0.0216. The van der Waals surface area contributed by atoms with Gasteiger partial charge in [0, 0.05) is 25.2 Å². The lowest BCUT2D eigenvalue weighted by atomic mass is 10.0. The van der Waals surface area contributed by atoms with Gasteiger partial charge in [0.05, 0.1) is 10.6 Å². The van der Waals surface area contributed by atoms with Crippen LogP contribution < -0.4 is 5.32 Å². The molecule has 39 heavy (non-hydrogen) atoms. The fraction of sp³-hybridized carbons (Fsp3) is 0.208. The second-order valence-corrected chi connectivity index (χ2v) is 8.61. The second kappa shape index (κ2) is 9.98. The van der Waals surface area contributed by atoms with Crippen LogP contribution in [0.15, 0.2) is 59.1 Å². The van der Waals surface area contributed by atoms with Gasteiger partial charge in [0.1, 0.15) is 17.0 Å². The highest BCUT2D eigenvalue weighted by Gasteiger charge is 2.64. The molecule has 2 aromatic carbocycles. The molecule has 0 fully saturated rings. The Morgan fingerprint density at radius 2 is 1.67 bits per heavy atom. The average Bonchev–Trinajstić information content (AvgIpc) is 3.47. The van der Waals surface area contributed by atoms with E-state index < -0.39 is 46.8 Å². The van der Waals surface area contributed by atoms with Crippen LogP contribution in [0.3, 0.4) is 0 Å². The highest BCUT2D eigenvalue weighted by Crippen LogP contribution is 2.50. The van der Waals surface area contributed by atoms with Crippen molar-refractivity contribution in [1.29, 1.82) is 0 Å². The van der Waals surface area contributed by atoms with E-state index in [1.807, 2.05) is 0 Å². The van der Waals surface area contributed by atoms with E-state index in [2.05, 4.69) is 15.6 Å². The molecule has 0 unspecified atom stereocenters. The van der Waals surface area contributed by atoms with Crippen LogP contribution in [0.5, 0.6) is 0 Å². The summed E-state index contributed by atoms with van der Waals surface area (Å²) in [6, 6.07) is 13.7. The predicted octanol–water partition coefficient (Wildman–Crippen LogP) is 7.00. The fourth-order valence-corrected chi connectivity index (χ4v) is 3.89. The number of benzene rings is 2. The number of amides is 1. The number of nitrogens with one attached hydrogen (secondary N) is 1. The Bertz CT molecular complexity index is 1510. The third kappa shape index (κ3) is 5.46. The molecular weight excluding hydrogens is 564 g/mol. The second-order valence-electron chi connectivity index (χ2n) is 8.21. The first-order valence-electron chi connectivity index (χ1n) is 10.8. The van der Waals surface area contributed by atoms with E-state index in [0.29, 0.717) is 0 Å². The van der Waals surface area contributed by atoms with E-state index >= 15 is 0 Å². The lowest BCUT2D eigenvalue weighted by Crippen LogP contribution is -2.36. The lowest BCUT2D eigenvalue weighted by molar-refractivity contribution is -0.292. The first kappa shape index (κ1) is 28.1. The molecular formula is C24H15ClF8N4O2. The van der Waals surface area contributed by atoms with Gasteiger partial charge in [-0.15, -0.1) is 0 Å². The smallest absolute Gasteiger partial charge is 0.356 e. The molecule has 0 atom stereocenters. The molecule has 0 bridgehead atoms. The Morgan fingerprint density at radius 1 is 1.00 bits per heavy atom. The topological polar surface area (TPSA) is 73.0 Å². The summed E-state index contributed by atoms with van der Waals surface area (Å²) in [5.41, 5.74) is -5.85. The van der Waals surface area contributed by atoms with Crippen molar-refractivity contribution in [2.45, 2.75) is 24.8 Å². The first-order chi connectivity index (χ1) is 18.1. The van der Waals surface area contributed by atoms with Gasteiger partial charge in [0.25, 0.3) is 5.91 Å². The van der Waals surface area contributed by atoms with Crippen LogP contribution in [0.4, 0.5) is 35.1 Å². The zero-order chi connectivity index (χ0) is 28.8. The van der Waals surface area contributed by atoms with Gasteiger partial charge in [-0.05, 0) is 23.8 Å². The molecule has 0 aliphatic rings. The van der Waals surface area contributed by atoms with Crippen LogP contribution >= 0.6 is 11.6 Å². The van der Waals surface area contributed by atoms with Crippen molar-refractivity contribution in [2.75, 3.05) is 0 Å². The number of carbonyl (C=O) groups is 1. The van der Waals surface area contributed by atoms with Crippen molar-refractivity contribution in [2.24, 2.45) is 7.05 Å². The summed E-state index contributed by atoms with van der Waals surface area (Å²) < 4.78 is 113. The standard InChI is InChI=1S/C24H15ClF8N4O2/c1-37-19(18(23(28,29)30)20(35-37)22(26,27)24(31,32)33)16-10-17(39-36-16)13-7-8-15(25)14(9-13)21(38)34-11-12-5-3-2-4-6-12/h2-10H,11H2,1H3,(H,34,38). The number of hydrogen-bond donors (Lipinski definition) is 1. The van der Waals surface area contributed by atoms with Gasteiger partial charge < -0.3 is 9.84 Å². The van der Waals surface area contributed by atoms with Gasteiger partial charge in [-0.3, -0.25) is 9.48 Å². The normalized spacial score (nSPS) is 12.6. The monoisotopic (exact) mass is 578 g/mol. The molecule has 4 rings (SSSR count). The first-order valence-corrected chi connectivity index (χ1v) is 11.2. The summed E-state index contributed by atoms with van der Waals surface area (Å²) >= 11 is 6.13. The van der Waals surface area contributed by atoms with Gasteiger partial charge in [0.2, 0.25) is 0 Å². The number of rotatable bonds is 6. The maximum absolute atomic E-state index is 14.0. The molecule has 0 saturated heterocycles. The van der Waals surface area contributed by atoms with Crippen molar-refractivity contribution < 1.29 is 44.4 Å². The Balaban J connectivity index is 1.71. The van der Waals surface area contributed by atoms with Crippen LogP contribution in [0, 0.1) is 0 Å². The maximum atomic E-state index is 14.0. The third-order valence-corrected chi connectivity index (χ3v) is 5.86. The molecule has 6 nitrogen and oxygen atoms in total. The predicted molar refractivity (Wildman–Crippen MR) is 122 cm³/mol. The molecule has 0 radical (unpaired) electrons. The SMILES string of the molecule is Cn1nc(C(F)(F)C(F)(F)F)c(C(F)(F)F)c1-c1cc(-c2ccc(Cl)c(C(=O)NCc3ccccc3)c2)on1. The van der Waals surface area contributed by atoms with E-state index in [-0.39, 0.29) is 33.1 Å². The molecule has 1 N–H and O–H groups in total. The Hall–Kier alpha value is -3.94. The summed E-state index contributed by atoms with van der Waals surface area (Å²) in [7, 11) is 0.756. The third-order valence-electron chi connectivity index (χ3n) is 5.53. The highest BCUT2D eigenvalue weighted by atomic mass is 35.5. The number of alkyl halides is 8. The number of aromatic nitrogens is 3. The Morgan fingerprint density at radius 3 is 2.28 bits per heavy atom. The van der Waals surface area contributed by atoms with Gasteiger partial charge in [-0.25, -0.2) is 0 Å². The van der Waals surface area contributed by atoms with Crippen LogP contribution in [-0.2, 0) is 25.7 Å². The molecule has 0 saturated carbocycles. The molecule has 2 heterocycles. The minimum Gasteiger partial charge on any atom is -0.356 e. The number of hydrogen-bond acceptors (Lipinski definition) is 4. The number of halogens is 9. The molecule has 1 amide bonds. The summed E-state index contributed by atoms with van der Waals surface area (Å²) in [4.78, 5) is 12.7. The van der Waals surface area contributed by atoms with Crippen LogP contribution in [0.25, 0.3) is 22.7 Å². The molecule has 0 spiro atoms. The highest BCUT2D eigenvalue weighted by molar-refractivity contribution is 6.34. The minimum atomic E-state index is -6.34. The molecule has 206 valence electrons. The van der Waals surface area contributed by atoms with Gasteiger partial charge >= 0.3 is 18.3 Å². The van der Waals surface area contributed by atoms with Gasteiger partial charge in [-0.2, -0.15) is 40.2 Å². The Labute approximate surface area is 219 Å². The van der Waals surface area contributed by atoms with Crippen molar-refractivity contribution >= 4 is 17.5 Å². The lowest BCUT2D eigenvalue weighted by Gasteiger charge is -2.19. The fourth-order valence-electron chi connectivity index (χ4n) is 3.69. The molecule has 0 aliphatic carbocycles. The van der Waals surface area contributed by atoms with Crippen LogP contribution in [0.2, 0.25) is 5.02 Å². The van der Waals surface area contributed by atoms with Crippen molar-refractivity contribution in [3.05, 3.63) is 82.0 Å². The molecule has 2 aromatic heterocycles. The average molecular weight is 579 g/mol. The molecule has 15 heteroatoms. The largest absolute Gasteiger partial charge is 0.459 e. The summed E-state index contributed by atoms with van der Waals surface area (Å²) in [5.74, 6) is -6.72. The van der Waals surface area contributed by atoms with E-state index in [0.717, 1.165) is 18.7 Å². The van der Waals surface area contributed by atoms with Crippen molar-refractivity contribution in [3.63, 3.8) is 0 Å². The van der Waals surface area contributed by atoms with E-state index in [1.54, 1.807) is 30.3 Å². The number of carbonyl (C=O) groups excluding carboxylic acids is 1. The summed E-state index contributed by atoms with van der Waals surface area (Å²) in [6.07, 6.45) is -12.0. The zero-order valence-corrected chi connectivity index (χ0v) is 20.2. The van der Waals surface area contributed by atoms with Crippen LogP contribution in [0.1, 0.15) is 27.2 Å². The Kier molecular flexibility index (Phi) is 7.19. The number of nitrogens with zero attached hydrogens (tertiary/aromatic N) is 3. The van der Waals surface area contributed by atoms with Gasteiger partial charge in [0.15, 0.2) is 11.5 Å². The number of aryl methyl sites for hydroxylation is 1. The van der Waals surface area contributed by atoms with Crippen LogP contribution in [-0.4, -0.2) is 27.0 Å².